The van der Waals surface area contributed by atoms with E-state index < -0.39 is 0 Å². The van der Waals surface area contributed by atoms with E-state index in [1.54, 1.807) is 19.5 Å². The monoisotopic (exact) mass is 110 g/mol. The van der Waals surface area contributed by atoms with Crippen LogP contribution >= 0.6 is 0 Å². The fourth-order valence-corrected chi connectivity index (χ4v) is 0.236. The van der Waals surface area contributed by atoms with E-state index in [-0.39, 0.29) is 6.42 Å². The lowest BCUT2D eigenvalue weighted by atomic mass is 10.3. The van der Waals surface area contributed by atoms with Crippen molar-refractivity contribution >= 4 is 12.6 Å². The molecule has 0 bridgehead atoms. The summed E-state index contributed by atoms with van der Waals surface area (Å²) in [5, 5.41) is 0. The molecule has 0 atom stereocenters. The minimum absolute atomic E-state index is 0.182. The molecule has 0 spiro atoms. The van der Waals surface area contributed by atoms with Crippen LogP contribution in [0, 0.1) is 0 Å². The van der Waals surface area contributed by atoms with Crippen molar-refractivity contribution in [1.82, 2.24) is 0 Å². The van der Waals surface area contributed by atoms with Crippen LogP contribution < -0.4 is 0 Å². The van der Waals surface area contributed by atoms with Crippen LogP contribution in [0.3, 0.4) is 0 Å². The molecule has 0 fully saturated rings. The van der Waals surface area contributed by atoms with Crippen molar-refractivity contribution in [3.8, 4) is 0 Å². The van der Waals surface area contributed by atoms with Crippen LogP contribution in [0.1, 0.15) is 13.3 Å². The molecular formula is C6H6O2. The van der Waals surface area contributed by atoms with E-state index in [1.165, 1.54) is 6.08 Å². The van der Waals surface area contributed by atoms with Crippen molar-refractivity contribution < 1.29 is 9.59 Å². The maximum atomic E-state index is 9.69. The first-order valence-corrected chi connectivity index (χ1v) is 2.21. The van der Waals surface area contributed by atoms with Crippen molar-refractivity contribution in [3.05, 3.63) is 11.6 Å². The van der Waals surface area contributed by atoms with Crippen LogP contribution in [-0.4, -0.2) is 12.6 Å². The summed E-state index contributed by atoms with van der Waals surface area (Å²) in [6.07, 6.45) is 4.91. The molecular weight excluding hydrogens is 104 g/mol. The Morgan fingerprint density at radius 2 is 2.25 bits per heavy atom. The van der Waals surface area contributed by atoms with E-state index in [0.29, 0.717) is 5.57 Å². The first kappa shape index (κ1) is 7.08. The molecule has 0 saturated heterocycles. The van der Waals surface area contributed by atoms with E-state index in [2.05, 4.69) is 0 Å². The SMILES string of the molecule is CC([C]=O)=CC[C]=O. The Hall–Kier alpha value is -0.920. The largest absolute Gasteiger partial charge is 0.291 e. The Morgan fingerprint density at radius 1 is 1.62 bits per heavy atom. The Bertz CT molecular complexity index is 114. The molecule has 0 aliphatic rings. The average Bonchev–Trinajstić information content (AvgIpc) is 1.83. The molecule has 42 valence electrons. The molecule has 0 aromatic carbocycles. The van der Waals surface area contributed by atoms with Gasteiger partial charge in [0.05, 0.1) is 0 Å². The summed E-state index contributed by atoms with van der Waals surface area (Å²) in [6.45, 7) is 1.59. The molecule has 0 aromatic rings. The second-order valence-electron chi connectivity index (χ2n) is 1.34. The molecule has 2 nitrogen and oxygen atoms in total. The minimum Gasteiger partial charge on any atom is -0.291 e. The Balaban J connectivity index is 3.56. The Morgan fingerprint density at radius 3 is 2.62 bits per heavy atom. The summed E-state index contributed by atoms with van der Waals surface area (Å²) in [5.41, 5.74) is 0.452. The van der Waals surface area contributed by atoms with Gasteiger partial charge in [-0.3, -0.25) is 9.59 Å². The van der Waals surface area contributed by atoms with Crippen LogP contribution in [0.25, 0.3) is 0 Å². The standard InChI is InChI=1S/C6H6O2/c1-6(5-8)3-2-4-7/h3H,2H2,1H3. The summed E-state index contributed by atoms with van der Waals surface area (Å²) >= 11 is 0. The maximum absolute atomic E-state index is 9.69. The Kier molecular flexibility index (Phi) is 3.76. The fraction of sp³-hybridized carbons (Fsp3) is 0.333. The van der Waals surface area contributed by atoms with Gasteiger partial charge in [-0.1, -0.05) is 6.08 Å². The van der Waals surface area contributed by atoms with Crippen LogP contribution in [-0.2, 0) is 9.59 Å². The van der Waals surface area contributed by atoms with Gasteiger partial charge in [-0.15, -0.1) is 0 Å². The first-order valence-electron chi connectivity index (χ1n) is 2.21. The zero-order valence-corrected chi connectivity index (χ0v) is 4.60. The molecule has 0 aromatic heterocycles. The van der Waals surface area contributed by atoms with Gasteiger partial charge in [0, 0.05) is 6.42 Å². The molecule has 0 aliphatic heterocycles. The quantitative estimate of drug-likeness (QED) is 0.497. The highest BCUT2D eigenvalue weighted by molar-refractivity contribution is 5.73. The van der Waals surface area contributed by atoms with Gasteiger partial charge >= 0.3 is 0 Å². The minimum atomic E-state index is 0.182. The highest BCUT2D eigenvalue weighted by Crippen LogP contribution is 1.86. The lowest BCUT2D eigenvalue weighted by Crippen LogP contribution is -1.75. The third-order valence-corrected chi connectivity index (χ3v) is 0.653. The van der Waals surface area contributed by atoms with E-state index >= 15 is 0 Å². The van der Waals surface area contributed by atoms with Gasteiger partial charge in [-0.2, -0.15) is 0 Å². The second kappa shape index (κ2) is 4.24. The van der Waals surface area contributed by atoms with E-state index in [1.807, 2.05) is 0 Å². The number of rotatable bonds is 3. The molecule has 0 saturated carbocycles. The number of hydrogen-bond acceptors (Lipinski definition) is 2. The van der Waals surface area contributed by atoms with E-state index in [0.717, 1.165) is 0 Å². The van der Waals surface area contributed by atoms with Gasteiger partial charge in [0.2, 0.25) is 12.6 Å². The average molecular weight is 110 g/mol. The highest BCUT2D eigenvalue weighted by atomic mass is 16.1. The molecule has 2 radical (unpaired) electrons. The summed E-state index contributed by atoms with van der Waals surface area (Å²) in [5.74, 6) is 0. The molecule has 0 rings (SSSR count). The van der Waals surface area contributed by atoms with E-state index in [4.69, 9.17) is 0 Å². The summed E-state index contributed by atoms with van der Waals surface area (Å²) in [6, 6.07) is 0. The van der Waals surface area contributed by atoms with Gasteiger partial charge in [0.1, 0.15) is 0 Å². The van der Waals surface area contributed by atoms with Gasteiger partial charge in [0.15, 0.2) is 0 Å². The lowest BCUT2D eigenvalue weighted by Gasteiger charge is -1.77. The van der Waals surface area contributed by atoms with Gasteiger partial charge in [-0.25, -0.2) is 0 Å². The van der Waals surface area contributed by atoms with Crippen LogP contribution in [0.4, 0.5) is 0 Å². The topological polar surface area (TPSA) is 34.1 Å². The van der Waals surface area contributed by atoms with Gasteiger partial charge in [-0.05, 0) is 12.5 Å². The molecule has 0 unspecified atom stereocenters. The second-order valence-corrected chi connectivity index (χ2v) is 1.34. The third-order valence-electron chi connectivity index (χ3n) is 0.653. The predicted molar refractivity (Wildman–Crippen MR) is 29.8 cm³/mol. The molecule has 0 N–H and O–H groups in total. The highest BCUT2D eigenvalue weighted by Gasteiger charge is 1.82. The van der Waals surface area contributed by atoms with Crippen molar-refractivity contribution in [3.63, 3.8) is 0 Å². The van der Waals surface area contributed by atoms with Crippen molar-refractivity contribution in [1.29, 1.82) is 0 Å². The normalized spacial score (nSPS) is 10.9. The molecule has 0 amide bonds. The van der Waals surface area contributed by atoms with Crippen molar-refractivity contribution in [2.24, 2.45) is 0 Å². The molecule has 0 aliphatic carbocycles. The number of hydrogen-bond donors (Lipinski definition) is 0. The zero-order valence-electron chi connectivity index (χ0n) is 4.60. The van der Waals surface area contributed by atoms with E-state index in [9.17, 15) is 9.59 Å². The lowest BCUT2D eigenvalue weighted by molar-refractivity contribution is 0.555. The zero-order chi connectivity index (χ0) is 6.41. The Labute approximate surface area is 48.2 Å². The predicted octanol–water partition coefficient (Wildman–Crippen LogP) is 0.542. The summed E-state index contributed by atoms with van der Waals surface area (Å²) in [7, 11) is 0. The summed E-state index contributed by atoms with van der Waals surface area (Å²) < 4.78 is 0. The van der Waals surface area contributed by atoms with Gasteiger partial charge < -0.3 is 0 Å². The van der Waals surface area contributed by atoms with Crippen molar-refractivity contribution in [2.45, 2.75) is 13.3 Å². The van der Waals surface area contributed by atoms with Crippen LogP contribution in [0.5, 0.6) is 0 Å². The fourth-order valence-electron chi connectivity index (χ4n) is 0.236. The first-order chi connectivity index (χ1) is 3.81. The number of allylic oxidation sites excluding steroid dienone is 2. The number of carbonyl (C=O) groups excluding carboxylic acids is 2. The van der Waals surface area contributed by atoms with Crippen LogP contribution in [0.2, 0.25) is 0 Å². The van der Waals surface area contributed by atoms with Crippen molar-refractivity contribution in [2.75, 3.05) is 0 Å². The van der Waals surface area contributed by atoms with Crippen LogP contribution in [0.15, 0.2) is 11.6 Å². The summed E-state index contributed by atoms with van der Waals surface area (Å²) in [4.78, 5) is 19.2. The third kappa shape index (κ3) is 3.28. The molecule has 8 heavy (non-hydrogen) atoms. The van der Waals surface area contributed by atoms with Gasteiger partial charge in [0.25, 0.3) is 0 Å². The maximum Gasteiger partial charge on any atom is 0.228 e. The molecule has 2 heteroatoms. The molecule has 0 heterocycles. The smallest absolute Gasteiger partial charge is 0.228 e.